The largest absolute Gasteiger partial charge is 0.256 e. The van der Waals surface area contributed by atoms with Crippen molar-refractivity contribution < 1.29 is 8.42 Å². The van der Waals surface area contributed by atoms with Crippen molar-refractivity contribution in [1.82, 2.24) is 4.98 Å². The van der Waals surface area contributed by atoms with Crippen LogP contribution in [0, 0.1) is 0 Å². The molecule has 0 saturated heterocycles. The molecule has 2 aromatic carbocycles. The van der Waals surface area contributed by atoms with Gasteiger partial charge < -0.3 is 0 Å². The fourth-order valence-electron chi connectivity index (χ4n) is 2.24. The highest BCUT2D eigenvalue weighted by Gasteiger charge is 2.15. The molecule has 0 fully saturated rings. The molecule has 1 aromatic heterocycles. The summed E-state index contributed by atoms with van der Waals surface area (Å²) in [7, 11) is -3.33. The molecular weight excluding hydrogens is 294 g/mol. The first kappa shape index (κ1) is 14.5. The monoisotopic (exact) mass is 309 g/mol. The van der Waals surface area contributed by atoms with Crippen molar-refractivity contribution >= 4 is 9.84 Å². The van der Waals surface area contributed by atoms with Crippen molar-refractivity contribution in [2.24, 2.45) is 0 Å². The Labute approximate surface area is 130 Å². The third kappa shape index (κ3) is 3.23. The number of pyridine rings is 1. The number of hydrogen-bond acceptors (Lipinski definition) is 3. The van der Waals surface area contributed by atoms with E-state index in [9.17, 15) is 8.42 Å². The molecule has 0 radical (unpaired) electrons. The molecule has 3 rings (SSSR count). The van der Waals surface area contributed by atoms with E-state index < -0.39 is 9.84 Å². The van der Waals surface area contributed by atoms with Gasteiger partial charge in [-0.1, -0.05) is 48.5 Å². The van der Waals surface area contributed by atoms with Crippen LogP contribution in [0.5, 0.6) is 0 Å². The lowest BCUT2D eigenvalue weighted by Crippen LogP contribution is -2.04. The van der Waals surface area contributed by atoms with Gasteiger partial charge in [0.05, 0.1) is 16.3 Å². The molecule has 0 bridgehead atoms. The first-order valence-electron chi connectivity index (χ1n) is 6.93. The Hall–Kier alpha value is -2.46. The summed E-state index contributed by atoms with van der Waals surface area (Å²) >= 11 is 0. The minimum Gasteiger partial charge on any atom is -0.256 e. The Kier molecular flexibility index (Phi) is 4.02. The topological polar surface area (TPSA) is 47.0 Å². The second-order valence-electron chi connectivity index (χ2n) is 4.98. The van der Waals surface area contributed by atoms with Gasteiger partial charge in [-0.25, -0.2) is 8.42 Å². The maximum absolute atomic E-state index is 12.4. The Balaban J connectivity index is 1.86. The molecule has 0 aliphatic carbocycles. The minimum atomic E-state index is -3.33. The zero-order valence-electron chi connectivity index (χ0n) is 11.9. The number of benzene rings is 2. The quantitative estimate of drug-likeness (QED) is 0.738. The van der Waals surface area contributed by atoms with Gasteiger partial charge in [0.1, 0.15) is 0 Å². The molecule has 0 amide bonds. The molecule has 0 aliphatic rings. The molecule has 0 atom stereocenters. The van der Waals surface area contributed by atoms with Crippen LogP contribution in [-0.2, 0) is 15.6 Å². The summed E-state index contributed by atoms with van der Waals surface area (Å²) in [4.78, 5) is 4.59. The summed E-state index contributed by atoms with van der Waals surface area (Å²) in [6.45, 7) is 0. The SMILES string of the molecule is O=S(=O)(Cc1ccccc1)c1ccc(-c2ccccn2)cc1. The van der Waals surface area contributed by atoms with Crippen molar-refractivity contribution in [3.05, 3.63) is 84.6 Å². The Morgan fingerprint density at radius 1 is 0.773 bits per heavy atom. The highest BCUT2D eigenvalue weighted by atomic mass is 32.2. The van der Waals surface area contributed by atoms with Gasteiger partial charge in [-0.2, -0.15) is 0 Å². The maximum Gasteiger partial charge on any atom is 0.182 e. The molecule has 110 valence electrons. The van der Waals surface area contributed by atoms with Crippen molar-refractivity contribution in [3.8, 4) is 11.3 Å². The van der Waals surface area contributed by atoms with Gasteiger partial charge in [-0.3, -0.25) is 4.98 Å². The summed E-state index contributed by atoms with van der Waals surface area (Å²) < 4.78 is 24.9. The van der Waals surface area contributed by atoms with Crippen LogP contribution in [0.15, 0.2) is 83.9 Å². The van der Waals surface area contributed by atoms with E-state index in [1.54, 1.807) is 30.5 Å². The summed E-state index contributed by atoms with van der Waals surface area (Å²) in [6, 6.07) is 21.7. The van der Waals surface area contributed by atoms with Crippen LogP contribution in [0.25, 0.3) is 11.3 Å². The van der Waals surface area contributed by atoms with Gasteiger partial charge in [0.25, 0.3) is 0 Å². The fraction of sp³-hybridized carbons (Fsp3) is 0.0556. The van der Waals surface area contributed by atoms with E-state index in [2.05, 4.69) is 4.98 Å². The van der Waals surface area contributed by atoms with Crippen molar-refractivity contribution in [2.45, 2.75) is 10.6 Å². The van der Waals surface area contributed by atoms with Crippen molar-refractivity contribution in [2.75, 3.05) is 0 Å². The van der Waals surface area contributed by atoms with E-state index in [1.807, 2.05) is 48.5 Å². The average Bonchev–Trinajstić information content (AvgIpc) is 2.56. The van der Waals surface area contributed by atoms with Crippen molar-refractivity contribution in [1.29, 1.82) is 0 Å². The Morgan fingerprint density at radius 2 is 1.45 bits per heavy atom. The molecule has 0 aliphatic heterocycles. The number of nitrogens with zero attached hydrogens (tertiary/aromatic N) is 1. The molecule has 3 aromatic rings. The van der Waals surface area contributed by atoms with Crippen LogP contribution in [0.2, 0.25) is 0 Å². The molecule has 1 heterocycles. The summed E-state index contributed by atoms with van der Waals surface area (Å²) in [6.07, 6.45) is 1.72. The third-order valence-electron chi connectivity index (χ3n) is 3.37. The summed E-state index contributed by atoms with van der Waals surface area (Å²) in [5.74, 6) is 0.0107. The van der Waals surface area contributed by atoms with Crippen molar-refractivity contribution in [3.63, 3.8) is 0 Å². The smallest absolute Gasteiger partial charge is 0.182 e. The van der Waals surface area contributed by atoms with Gasteiger partial charge >= 0.3 is 0 Å². The Bertz CT molecular complexity index is 843. The normalized spacial score (nSPS) is 11.3. The number of sulfone groups is 1. The predicted molar refractivity (Wildman–Crippen MR) is 87.0 cm³/mol. The van der Waals surface area contributed by atoms with Gasteiger partial charge in [-0.15, -0.1) is 0 Å². The number of aromatic nitrogens is 1. The molecule has 22 heavy (non-hydrogen) atoms. The minimum absolute atomic E-state index is 0.0107. The van der Waals surface area contributed by atoms with Crippen LogP contribution in [0.4, 0.5) is 0 Å². The number of rotatable bonds is 4. The standard InChI is InChI=1S/C18H15NO2S/c20-22(21,14-15-6-2-1-3-7-15)17-11-9-16(10-12-17)18-8-4-5-13-19-18/h1-13H,14H2. The average molecular weight is 309 g/mol. The van der Waals surface area contributed by atoms with Crippen LogP contribution >= 0.6 is 0 Å². The highest BCUT2D eigenvalue weighted by Crippen LogP contribution is 2.21. The summed E-state index contributed by atoms with van der Waals surface area (Å²) in [5.41, 5.74) is 2.52. The maximum atomic E-state index is 12.4. The zero-order chi connectivity index (χ0) is 15.4. The molecule has 4 heteroatoms. The highest BCUT2D eigenvalue weighted by molar-refractivity contribution is 7.90. The van der Waals surface area contributed by atoms with E-state index in [0.29, 0.717) is 4.90 Å². The van der Waals surface area contributed by atoms with E-state index in [4.69, 9.17) is 0 Å². The second-order valence-corrected chi connectivity index (χ2v) is 6.97. The number of hydrogen-bond donors (Lipinski definition) is 0. The lowest BCUT2D eigenvalue weighted by Gasteiger charge is -2.06. The van der Waals surface area contributed by atoms with E-state index >= 15 is 0 Å². The summed E-state index contributed by atoms with van der Waals surface area (Å²) in [5, 5.41) is 0. The van der Waals surface area contributed by atoms with Gasteiger partial charge in [0.2, 0.25) is 0 Å². The van der Waals surface area contributed by atoms with Crippen LogP contribution < -0.4 is 0 Å². The van der Waals surface area contributed by atoms with E-state index in [0.717, 1.165) is 16.8 Å². The lowest BCUT2D eigenvalue weighted by molar-refractivity contribution is 0.595. The molecular formula is C18H15NO2S. The first-order valence-corrected chi connectivity index (χ1v) is 8.58. The second kappa shape index (κ2) is 6.12. The lowest BCUT2D eigenvalue weighted by atomic mass is 10.1. The van der Waals surface area contributed by atoms with Crippen LogP contribution in [0.3, 0.4) is 0 Å². The zero-order valence-corrected chi connectivity index (χ0v) is 12.7. The van der Waals surface area contributed by atoms with Gasteiger partial charge in [-0.05, 0) is 29.8 Å². The van der Waals surface area contributed by atoms with Gasteiger partial charge in [0.15, 0.2) is 9.84 Å². The van der Waals surface area contributed by atoms with E-state index in [1.165, 1.54) is 0 Å². The van der Waals surface area contributed by atoms with Crippen LogP contribution in [0.1, 0.15) is 5.56 Å². The molecule has 0 unspecified atom stereocenters. The molecule has 0 N–H and O–H groups in total. The third-order valence-corrected chi connectivity index (χ3v) is 5.08. The Morgan fingerprint density at radius 3 is 2.09 bits per heavy atom. The van der Waals surface area contributed by atoms with E-state index in [-0.39, 0.29) is 5.75 Å². The molecule has 3 nitrogen and oxygen atoms in total. The predicted octanol–water partition coefficient (Wildman–Crippen LogP) is 3.72. The van der Waals surface area contributed by atoms with Crippen LogP contribution in [-0.4, -0.2) is 13.4 Å². The first-order chi connectivity index (χ1) is 10.6. The molecule has 0 spiro atoms. The fourth-order valence-corrected chi connectivity index (χ4v) is 3.59. The molecule has 0 saturated carbocycles. The van der Waals surface area contributed by atoms with Gasteiger partial charge in [0, 0.05) is 11.8 Å².